The molecule has 10 heteroatoms. The average Bonchev–Trinajstić information content (AvgIpc) is 3.03. The molecule has 0 bridgehead atoms. The Balaban J connectivity index is 1.89. The first-order valence-electron chi connectivity index (χ1n) is 8.98. The first kappa shape index (κ1) is 21.7. The van der Waals surface area contributed by atoms with E-state index in [0.29, 0.717) is 17.2 Å². The zero-order valence-electron chi connectivity index (χ0n) is 15.9. The Bertz CT molecular complexity index is 1050. The highest BCUT2D eigenvalue weighted by Crippen LogP contribution is 2.33. The van der Waals surface area contributed by atoms with E-state index < -0.39 is 23.7 Å². The molecule has 6 nitrogen and oxygen atoms in total. The Labute approximate surface area is 174 Å². The van der Waals surface area contributed by atoms with Crippen LogP contribution < -0.4 is 5.32 Å². The summed E-state index contributed by atoms with van der Waals surface area (Å²) in [6.07, 6.45) is -5.33. The largest absolute Gasteiger partial charge is 0.450 e. The van der Waals surface area contributed by atoms with Crippen LogP contribution in [-0.4, -0.2) is 33.9 Å². The summed E-state index contributed by atoms with van der Waals surface area (Å²) in [7, 11) is 0. The SMILES string of the molecule is CCOC(=O)NC(=O)CSc1nc2cc(C(F)(F)F)ccc2n1Cc1ccccc1. The summed E-state index contributed by atoms with van der Waals surface area (Å²) in [5.74, 6) is -0.740. The van der Waals surface area contributed by atoms with Gasteiger partial charge < -0.3 is 9.30 Å². The number of imide groups is 1. The van der Waals surface area contributed by atoms with Gasteiger partial charge in [0.05, 0.1) is 35.5 Å². The number of alkyl halides is 3. The number of hydrogen-bond donors (Lipinski definition) is 1. The van der Waals surface area contributed by atoms with Crippen LogP contribution >= 0.6 is 11.8 Å². The molecule has 158 valence electrons. The van der Waals surface area contributed by atoms with Gasteiger partial charge in [0, 0.05) is 0 Å². The number of nitrogens with one attached hydrogen (secondary N) is 1. The summed E-state index contributed by atoms with van der Waals surface area (Å²) in [4.78, 5) is 27.6. The number of fused-ring (bicyclic) bond motifs is 1. The van der Waals surface area contributed by atoms with E-state index in [1.807, 2.05) is 30.3 Å². The van der Waals surface area contributed by atoms with Crippen molar-refractivity contribution in [2.24, 2.45) is 0 Å². The number of imidazole rings is 1. The van der Waals surface area contributed by atoms with Gasteiger partial charge in [0.15, 0.2) is 5.16 Å². The van der Waals surface area contributed by atoms with E-state index in [1.165, 1.54) is 6.07 Å². The number of rotatable bonds is 6. The number of aromatic nitrogens is 2. The maximum atomic E-state index is 13.1. The standard InChI is InChI=1S/C20H18F3N3O3S/c1-2-29-19(28)25-17(27)12-30-18-24-15-10-14(20(21,22)23)8-9-16(15)26(18)11-13-6-4-3-5-7-13/h3-10H,2,11-12H2,1H3,(H,25,27,28). The molecule has 2 aromatic carbocycles. The van der Waals surface area contributed by atoms with Gasteiger partial charge in [-0.3, -0.25) is 10.1 Å². The van der Waals surface area contributed by atoms with Crippen LogP contribution in [0.25, 0.3) is 11.0 Å². The molecule has 2 amide bonds. The van der Waals surface area contributed by atoms with E-state index in [4.69, 9.17) is 0 Å². The summed E-state index contributed by atoms with van der Waals surface area (Å²) < 4.78 is 45.6. The van der Waals surface area contributed by atoms with Gasteiger partial charge in [0.25, 0.3) is 0 Å². The van der Waals surface area contributed by atoms with Gasteiger partial charge in [0.1, 0.15) is 0 Å². The highest BCUT2D eigenvalue weighted by molar-refractivity contribution is 7.99. The monoisotopic (exact) mass is 437 g/mol. The van der Waals surface area contributed by atoms with Gasteiger partial charge >= 0.3 is 12.3 Å². The lowest BCUT2D eigenvalue weighted by atomic mass is 10.2. The molecule has 1 N–H and O–H groups in total. The number of nitrogens with zero attached hydrogens (tertiary/aromatic N) is 2. The maximum absolute atomic E-state index is 13.1. The minimum atomic E-state index is -4.48. The highest BCUT2D eigenvalue weighted by atomic mass is 32.2. The lowest BCUT2D eigenvalue weighted by Crippen LogP contribution is -2.32. The van der Waals surface area contributed by atoms with Crippen LogP contribution in [-0.2, 0) is 22.3 Å². The molecular weight excluding hydrogens is 419 g/mol. The molecular formula is C20H18F3N3O3S. The number of benzene rings is 2. The van der Waals surface area contributed by atoms with E-state index in [-0.39, 0.29) is 17.9 Å². The molecule has 0 unspecified atom stereocenters. The summed E-state index contributed by atoms with van der Waals surface area (Å²) >= 11 is 1.02. The second kappa shape index (κ2) is 9.21. The molecule has 0 fully saturated rings. The Morgan fingerprint density at radius 3 is 2.57 bits per heavy atom. The number of hydrogen-bond acceptors (Lipinski definition) is 5. The molecule has 0 saturated carbocycles. The summed E-state index contributed by atoms with van der Waals surface area (Å²) in [6, 6.07) is 12.7. The van der Waals surface area contributed by atoms with Gasteiger partial charge in [-0.25, -0.2) is 9.78 Å². The average molecular weight is 437 g/mol. The Kier molecular flexibility index (Phi) is 6.66. The van der Waals surface area contributed by atoms with E-state index >= 15 is 0 Å². The fraction of sp³-hybridized carbons (Fsp3) is 0.250. The highest BCUT2D eigenvalue weighted by Gasteiger charge is 2.31. The van der Waals surface area contributed by atoms with Gasteiger partial charge in [-0.2, -0.15) is 13.2 Å². The third-order valence-electron chi connectivity index (χ3n) is 4.07. The minimum Gasteiger partial charge on any atom is -0.450 e. The lowest BCUT2D eigenvalue weighted by molar-refractivity contribution is -0.137. The minimum absolute atomic E-state index is 0.126. The predicted molar refractivity (Wildman–Crippen MR) is 106 cm³/mol. The van der Waals surface area contributed by atoms with Gasteiger partial charge in [0.2, 0.25) is 5.91 Å². The van der Waals surface area contributed by atoms with Crippen LogP contribution in [0.1, 0.15) is 18.1 Å². The maximum Gasteiger partial charge on any atom is 0.416 e. The number of halogens is 3. The zero-order chi connectivity index (χ0) is 21.7. The van der Waals surface area contributed by atoms with E-state index in [2.05, 4.69) is 15.0 Å². The number of carbonyl (C=O) groups is 2. The van der Waals surface area contributed by atoms with Crippen LogP contribution in [0.4, 0.5) is 18.0 Å². The van der Waals surface area contributed by atoms with Crippen molar-refractivity contribution in [3.05, 3.63) is 59.7 Å². The third kappa shape index (κ3) is 5.32. The van der Waals surface area contributed by atoms with Crippen LogP contribution in [0.15, 0.2) is 53.7 Å². The third-order valence-corrected chi connectivity index (χ3v) is 5.05. The molecule has 0 spiro atoms. The molecule has 1 aromatic heterocycles. The predicted octanol–water partition coefficient (Wildman–Crippen LogP) is 4.47. The van der Waals surface area contributed by atoms with Crippen LogP contribution in [0.2, 0.25) is 0 Å². The first-order valence-corrected chi connectivity index (χ1v) is 9.97. The fourth-order valence-electron chi connectivity index (χ4n) is 2.76. The van der Waals surface area contributed by atoms with Crippen molar-refractivity contribution in [3.63, 3.8) is 0 Å². The molecule has 0 aliphatic rings. The van der Waals surface area contributed by atoms with Crippen molar-refractivity contribution in [2.45, 2.75) is 24.8 Å². The number of alkyl carbamates (subject to hydrolysis) is 1. The molecule has 0 aliphatic heterocycles. The van der Waals surface area contributed by atoms with Crippen LogP contribution in [0, 0.1) is 0 Å². The van der Waals surface area contributed by atoms with Crippen molar-refractivity contribution in [2.75, 3.05) is 12.4 Å². The van der Waals surface area contributed by atoms with Crippen molar-refractivity contribution < 1.29 is 27.5 Å². The zero-order valence-corrected chi connectivity index (χ0v) is 16.7. The van der Waals surface area contributed by atoms with E-state index in [9.17, 15) is 22.8 Å². The van der Waals surface area contributed by atoms with Crippen molar-refractivity contribution >= 4 is 34.8 Å². The van der Waals surface area contributed by atoms with Gasteiger partial charge in [-0.1, -0.05) is 42.1 Å². The molecule has 3 aromatic rings. The van der Waals surface area contributed by atoms with Gasteiger partial charge in [-0.05, 0) is 30.7 Å². The van der Waals surface area contributed by atoms with Crippen LogP contribution in [0.5, 0.6) is 0 Å². The Morgan fingerprint density at radius 2 is 1.90 bits per heavy atom. The van der Waals surface area contributed by atoms with E-state index in [0.717, 1.165) is 29.5 Å². The molecule has 3 rings (SSSR count). The van der Waals surface area contributed by atoms with Crippen molar-refractivity contribution in [1.29, 1.82) is 0 Å². The number of ether oxygens (including phenoxy) is 1. The van der Waals surface area contributed by atoms with Crippen LogP contribution in [0.3, 0.4) is 0 Å². The Morgan fingerprint density at radius 1 is 1.17 bits per heavy atom. The molecule has 0 radical (unpaired) electrons. The Hall–Kier alpha value is -3.01. The molecule has 0 saturated heterocycles. The molecule has 0 atom stereocenters. The summed E-state index contributed by atoms with van der Waals surface area (Å²) in [6.45, 7) is 2.10. The number of amides is 2. The molecule has 30 heavy (non-hydrogen) atoms. The second-order valence-electron chi connectivity index (χ2n) is 6.22. The normalized spacial score (nSPS) is 11.5. The van der Waals surface area contributed by atoms with Crippen molar-refractivity contribution in [3.8, 4) is 0 Å². The fourth-order valence-corrected chi connectivity index (χ4v) is 3.57. The second-order valence-corrected chi connectivity index (χ2v) is 7.17. The smallest absolute Gasteiger partial charge is 0.416 e. The summed E-state index contributed by atoms with van der Waals surface area (Å²) in [5.41, 5.74) is 0.819. The molecule has 1 heterocycles. The van der Waals surface area contributed by atoms with Crippen molar-refractivity contribution in [1.82, 2.24) is 14.9 Å². The molecule has 0 aliphatic carbocycles. The van der Waals surface area contributed by atoms with E-state index in [1.54, 1.807) is 11.5 Å². The quantitative estimate of drug-likeness (QED) is 0.576. The lowest BCUT2D eigenvalue weighted by Gasteiger charge is -2.10. The van der Waals surface area contributed by atoms with Gasteiger partial charge in [-0.15, -0.1) is 0 Å². The first-order chi connectivity index (χ1) is 14.3. The number of thioether (sulfide) groups is 1. The number of carbonyl (C=O) groups excluding carboxylic acids is 2. The summed E-state index contributed by atoms with van der Waals surface area (Å²) in [5, 5.41) is 2.44. The topological polar surface area (TPSA) is 73.2 Å².